The highest BCUT2D eigenvalue weighted by Gasteiger charge is 2.19. The molecule has 0 aromatic rings. The Morgan fingerprint density at radius 1 is 0.318 bits per heavy atom. The Morgan fingerprint density at radius 2 is 0.621 bits per heavy atom. The fraction of sp³-hybridized carbons (Fsp3) is 0.683. The molecule has 1 atom stereocenters. The van der Waals surface area contributed by atoms with E-state index in [1.807, 2.05) is 6.08 Å². The number of carbonyl (C=O) groups is 3. The van der Waals surface area contributed by atoms with Gasteiger partial charge in [-0.25, -0.2) is 0 Å². The second kappa shape index (κ2) is 53.9. The van der Waals surface area contributed by atoms with Crippen LogP contribution in [0.1, 0.15) is 245 Å². The normalized spacial score (nSPS) is 12.8. The van der Waals surface area contributed by atoms with Gasteiger partial charge in [0.05, 0.1) is 0 Å². The van der Waals surface area contributed by atoms with Crippen molar-refractivity contribution >= 4 is 17.9 Å². The van der Waals surface area contributed by atoms with Crippen molar-refractivity contribution in [3.63, 3.8) is 0 Å². The van der Waals surface area contributed by atoms with E-state index in [4.69, 9.17) is 14.2 Å². The lowest BCUT2D eigenvalue weighted by molar-refractivity contribution is -0.166. The fourth-order valence-corrected chi connectivity index (χ4v) is 7.22. The van der Waals surface area contributed by atoms with Crippen LogP contribution in [-0.2, 0) is 28.6 Å². The lowest BCUT2D eigenvalue weighted by Gasteiger charge is -2.18. The number of esters is 3. The van der Waals surface area contributed by atoms with Crippen molar-refractivity contribution in [3.05, 3.63) is 97.2 Å². The van der Waals surface area contributed by atoms with Crippen molar-refractivity contribution in [3.8, 4) is 0 Å². The van der Waals surface area contributed by atoms with Gasteiger partial charge in [0.2, 0.25) is 0 Å². The number of allylic oxidation sites excluding steroid dienone is 16. The summed E-state index contributed by atoms with van der Waals surface area (Å²) in [7, 11) is 0. The molecule has 0 aromatic carbocycles. The topological polar surface area (TPSA) is 78.9 Å². The Labute approximate surface area is 407 Å². The van der Waals surface area contributed by atoms with E-state index in [-0.39, 0.29) is 37.5 Å². The molecule has 0 N–H and O–H groups in total. The minimum absolute atomic E-state index is 0.112. The van der Waals surface area contributed by atoms with E-state index in [0.717, 1.165) is 103 Å². The van der Waals surface area contributed by atoms with Crippen LogP contribution in [0.25, 0.3) is 0 Å². The molecule has 0 bridgehead atoms. The van der Waals surface area contributed by atoms with Crippen LogP contribution in [0, 0.1) is 0 Å². The summed E-state index contributed by atoms with van der Waals surface area (Å²) in [5.41, 5.74) is 0. The predicted molar refractivity (Wildman–Crippen MR) is 284 cm³/mol. The number of ether oxygens (including phenoxy) is 3. The summed E-state index contributed by atoms with van der Waals surface area (Å²) in [6.45, 7) is 6.43. The lowest BCUT2D eigenvalue weighted by Crippen LogP contribution is -2.30. The molecule has 0 aliphatic heterocycles. The Hall–Kier alpha value is -3.67. The van der Waals surface area contributed by atoms with Crippen LogP contribution < -0.4 is 0 Å². The maximum absolute atomic E-state index is 12.8. The second-order valence-electron chi connectivity index (χ2n) is 17.7. The van der Waals surface area contributed by atoms with Crippen molar-refractivity contribution in [2.24, 2.45) is 0 Å². The zero-order valence-electron chi connectivity index (χ0n) is 42.9. The molecule has 0 aliphatic carbocycles. The van der Waals surface area contributed by atoms with Gasteiger partial charge < -0.3 is 14.2 Å². The molecular formula is C60H100O6. The van der Waals surface area contributed by atoms with Crippen molar-refractivity contribution in [1.82, 2.24) is 0 Å². The summed E-state index contributed by atoms with van der Waals surface area (Å²) in [6, 6.07) is 0. The minimum Gasteiger partial charge on any atom is -0.462 e. The van der Waals surface area contributed by atoms with Crippen LogP contribution in [0.5, 0.6) is 0 Å². The first-order valence-electron chi connectivity index (χ1n) is 27.2. The molecule has 0 radical (unpaired) electrons. The molecule has 6 nitrogen and oxygen atoms in total. The first-order valence-corrected chi connectivity index (χ1v) is 27.2. The maximum atomic E-state index is 12.8. The zero-order chi connectivity index (χ0) is 47.9. The average molecular weight is 917 g/mol. The van der Waals surface area contributed by atoms with Gasteiger partial charge >= 0.3 is 17.9 Å². The monoisotopic (exact) mass is 917 g/mol. The maximum Gasteiger partial charge on any atom is 0.306 e. The van der Waals surface area contributed by atoms with Crippen LogP contribution in [0.2, 0.25) is 0 Å². The molecule has 0 aliphatic rings. The molecule has 0 rings (SSSR count). The first-order chi connectivity index (χ1) is 32.5. The molecule has 0 amide bonds. The molecule has 6 heteroatoms. The summed E-state index contributed by atoms with van der Waals surface area (Å²) in [6.07, 6.45) is 71.2. The van der Waals surface area contributed by atoms with E-state index < -0.39 is 6.10 Å². The summed E-state index contributed by atoms with van der Waals surface area (Å²) >= 11 is 0. The first kappa shape index (κ1) is 62.3. The molecule has 66 heavy (non-hydrogen) atoms. The van der Waals surface area contributed by atoms with Gasteiger partial charge in [-0.3, -0.25) is 14.4 Å². The highest BCUT2D eigenvalue weighted by molar-refractivity contribution is 5.71. The fourth-order valence-electron chi connectivity index (χ4n) is 7.22. The number of carbonyl (C=O) groups excluding carboxylic acids is 3. The third kappa shape index (κ3) is 51.3. The Balaban J connectivity index is 4.53. The predicted octanol–water partition coefficient (Wildman–Crippen LogP) is 18.1. The Bertz CT molecular complexity index is 1330. The average Bonchev–Trinajstić information content (AvgIpc) is 3.31. The van der Waals surface area contributed by atoms with Crippen molar-refractivity contribution in [1.29, 1.82) is 0 Å². The van der Waals surface area contributed by atoms with Gasteiger partial charge in [-0.1, -0.05) is 214 Å². The quantitative estimate of drug-likeness (QED) is 0.0262. The zero-order valence-corrected chi connectivity index (χ0v) is 42.9. The largest absolute Gasteiger partial charge is 0.462 e. The van der Waals surface area contributed by atoms with Crippen molar-refractivity contribution in [2.45, 2.75) is 252 Å². The van der Waals surface area contributed by atoms with Crippen LogP contribution in [0.3, 0.4) is 0 Å². The van der Waals surface area contributed by atoms with E-state index in [1.54, 1.807) is 0 Å². The minimum atomic E-state index is -0.819. The lowest BCUT2D eigenvalue weighted by atomic mass is 10.1. The van der Waals surface area contributed by atoms with Crippen LogP contribution in [-0.4, -0.2) is 37.2 Å². The van der Waals surface area contributed by atoms with E-state index in [2.05, 4.69) is 112 Å². The summed E-state index contributed by atoms with van der Waals surface area (Å²) in [5, 5.41) is 0. The number of hydrogen-bond acceptors (Lipinski definition) is 6. The van der Waals surface area contributed by atoms with Crippen LogP contribution in [0.4, 0.5) is 0 Å². The molecule has 0 saturated heterocycles. The molecule has 0 fully saturated rings. The van der Waals surface area contributed by atoms with Crippen LogP contribution in [0.15, 0.2) is 97.2 Å². The van der Waals surface area contributed by atoms with Gasteiger partial charge in [-0.05, 0) is 109 Å². The third-order valence-electron chi connectivity index (χ3n) is 11.3. The molecule has 1 unspecified atom stereocenters. The summed E-state index contributed by atoms with van der Waals surface area (Å²) < 4.78 is 16.7. The van der Waals surface area contributed by atoms with Gasteiger partial charge in [0, 0.05) is 19.3 Å². The van der Waals surface area contributed by atoms with E-state index >= 15 is 0 Å². The molecule has 0 spiro atoms. The highest BCUT2D eigenvalue weighted by atomic mass is 16.6. The molecule has 0 aromatic heterocycles. The summed E-state index contributed by atoms with van der Waals surface area (Å²) in [5.74, 6) is -1.02. The van der Waals surface area contributed by atoms with Gasteiger partial charge in [0.1, 0.15) is 13.2 Å². The van der Waals surface area contributed by atoms with E-state index in [1.165, 1.54) is 96.3 Å². The van der Waals surface area contributed by atoms with Crippen molar-refractivity contribution < 1.29 is 28.6 Å². The van der Waals surface area contributed by atoms with Gasteiger partial charge in [-0.15, -0.1) is 0 Å². The summed E-state index contributed by atoms with van der Waals surface area (Å²) in [4.78, 5) is 38.0. The van der Waals surface area contributed by atoms with Gasteiger partial charge in [0.25, 0.3) is 0 Å². The molecule has 0 saturated carbocycles. The standard InChI is InChI=1S/C60H100O6/c1-4-7-10-13-16-19-22-25-27-29-30-31-33-35-38-41-44-47-50-53-59(62)65-56-57(55-64-58(61)52-49-46-43-40-37-34-24-21-18-15-12-9-6-3)66-60(63)54-51-48-45-42-39-36-32-28-26-23-20-17-14-11-8-5-2/h7,10,16,19,25,27-28,30-32,34-35,37-38,44,47,57H,4-6,8-9,11-15,17-18,20-24,26,29,33,36,39-43,45-46,48-56H2,1-3H3/b10-7-,19-16-,27-25-,31-30-,32-28-,37-34-,38-35-,47-44-. The van der Waals surface area contributed by atoms with E-state index in [0.29, 0.717) is 19.3 Å². The van der Waals surface area contributed by atoms with E-state index in [9.17, 15) is 14.4 Å². The third-order valence-corrected chi connectivity index (χ3v) is 11.3. The second-order valence-corrected chi connectivity index (χ2v) is 17.7. The number of hydrogen-bond donors (Lipinski definition) is 0. The van der Waals surface area contributed by atoms with Gasteiger partial charge in [0.15, 0.2) is 6.10 Å². The van der Waals surface area contributed by atoms with Gasteiger partial charge in [-0.2, -0.15) is 0 Å². The number of rotatable bonds is 48. The molecular weight excluding hydrogens is 817 g/mol. The van der Waals surface area contributed by atoms with Crippen molar-refractivity contribution in [2.75, 3.05) is 13.2 Å². The Kier molecular flexibility index (Phi) is 50.9. The SMILES string of the molecule is CC/C=C\C/C=C\C/C=C\C/C=C\C/C=C\C/C=C\CCC(=O)OCC(COC(=O)CCCCC/C=C\CCCCCCCC)OC(=O)CCCCCCC/C=C\CCCCCCCCC. The molecule has 0 heterocycles. The Morgan fingerprint density at radius 3 is 1.03 bits per heavy atom. The smallest absolute Gasteiger partial charge is 0.306 e. The number of unbranched alkanes of at least 4 members (excludes halogenated alkanes) is 21. The highest BCUT2D eigenvalue weighted by Crippen LogP contribution is 2.13. The van der Waals surface area contributed by atoms with Crippen LogP contribution >= 0.6 is 0 Å². The molecule has 376 valence electrons.